The van der Waals surface area contributed by atoms with Crippen molar-refractivity contribution in [3.63, 3.8) is 0 Å². The number of likely N-dealkylation sites (tertiary alicyclic amines) is 1. The van der Waals surface area contributed by atoms with E-state index in [0.29, 0.717) is 25.6 Å². The summed E-state index contributed by atoms with van der Waals surface area (Å²) < 4.78 is 13.4. The van der Waals surface area contributed by atoms with Crippen LogP contribution in [0.1, 0.15) is 23.7 Å². The third-order valence-corrected chi connectivity index (χ3v) is 3.74. The second-order valence-electron chi connectivity index (χ2n) is 5.18. The van der Waals surface area contributed by atoms with Gasteiger partial charge in [0.2, 0.25) is 0 Å². The summed E-state index contributed by atoms with van der Waals surface area (Å²) in [6.07, 6.45) is 0.0720. The van der Waals surface area contributed by atoms with E-state index in [-0.39, 0.29) is 17.2 Å². The second kappa shape index (κ2) is 5.65. The number of amides is 1. The smallest absolute Gasteiger partial charge is 0.295 e. The van der Waals surface area contributed by atoms with Gasteiger partial charge in [-0.15, -0.1) is 0 Å². The molecule has 8 heteroatoms. The van der Waals surface area contributed by atoms with Crippen molar-refractivity contribution in [2.24, 2.45) is 5.92 Å². The fraction of sp³-hybridized carbons (Fsp3) is 0.462. The molecule has 1 aromatic rings. The minimum absolute atomic E-state index is 0.0567. The molecule has 1 fully saturated rings. The standard InChI is InChI=1S/C13H16FN3O4/c1-7(18)8-2-3-16(6-8)13(19)10-4-9(14)5-11(12(10)15)17(20)21/h4-5,7-8,18H,2-3,6,15H2,1H3. The number of nitro groups is 1. The highest BCUT2D eigenvalue weighted by atomic mass is 19.1. The number of rotatable bonds is 3. The predicted molar refractivity (Wildman–Crippen MR) is 73.2 cm³/mol. The summed E-state index contributed by atoms with van der Waals surface area (Å²) in [7, 11) is 0. The minimum Gasteiger partial charge on any atom is -0.393 e. The van der Waals surface area contributed by atoms with Crippen LogP contribution in [0.2, 0.25) is 0 Å². The zero-order chi connectivity index (χ0) is 15.7. The molecule has 2 unspecified atom stereocenters. The lowest BCUT2D eigenvalue weighted by atomic mass is 10.0. The van der Waals surface area contributed by atoms with Crippen LogP contribution < -0.4 is 5.73 Å². The number of aliphatic hydroxyl groups is 1. The normalized spacial score (nSPS) is 19.6. The summed E-state index contributed by atoms with van der Waals surface area (Å²) >= 11 is 0. The predicted octanol–water partition coefficient (Wildman–Crippen LogP) is 1.16. The van der Waals surface area contributed by atoms with Crippen molar-refractivity contribution in [3.05, 3.63) is 33.6 Å². The molecular formula is C13H16FN3O4. The van der Waals surface area contributed by atoms with Gasteiger partial charge in [-0.25, -0.2) is 4.39 Å². The number of nitro benzene ring substituents is 1. The third-order valence-electron chi connectivity index (χ3n) is 3.74. The molecule has 1 amide bonds. The van der Waals surface area contributed by atoms with Crippen molar-refractivity contribution in [2.45, 2.75) is 19.4 Å². The first-order valence-corrected chi connectivity index (χ1v) is 6.52. The van der Waals surface area contributed by atoms with Gasteiger partial charge in [-0.1, -0.05) is 0 Å². The number of carbonyl (C=O) groups is 1. The van der Waals surface area contributed by atoms with E-state index in [1.165, 1.54) is 4.90 Å². The van der Waals surface area contributed by atoms with Gasteiger partial charge in [-0.05, 0) is 19.4 Å². The molecule has 0 saturated carbocycles. The summed E-state index contributed by atoms with van der Waals surface area (Å²) in [6.45, 7) is 2.36. The molecule has 1 saturated heterocycles. The monoisotopic (exact) mass is 297 g/mol. The summed E-state index contributed by atoms with van der Waals surface area (Å²) in [6, 6.07) is 1.59. The quantitative estimate of drug-likeness (QED) is 0.494. The lowest BCUT2D eigenvalue weighted by molar-refractivity contribution is -0.384. The maximum atomic E-state index is 13.4. The van der Waals surface area contributed by atoms with Crippen LogP contribution in [0.4, 0.5) is 15.8 Å². The summed E-state index contributed by atoms with van der Waals surface area (Å²) in [5.74, 6) is -1.50. The van der Waals surface area contributed by atoms with Gasteiger partial charge in [0.25, 0.3) is 11.6 Å². The van der Waals surface area contributed by atoms with E-state index in [4.69, 9.17) is 5.73 Å². The van der Waals surface area contributed by atoms with E-state index >= 15 is 0 Å². The highest BCUT2D eigenvalue weighted by Gasteiger charge is 2.32. The molecule has 3 N–H and O–H groups in total. The van der Waals surface area contributed by atoms with Crippen LogP contribution in [0.15, 0.2) is 12.1 Å². The van der Waals surface area contributed by atoms with Gasteiger partial charge in [-0.3, -0.25) is 14.9 Å². The lowest BCUT2D eigenvalue weighted by Crippen LogP contribution is -2.31. The van der Waals surface area contributed by atoms with Gasteiger partial charge in [0, 0.05) is 19.0 Å². The highest BCUT2D eigenvalue weighted by Crippen LogP contribution is 2.29. The van der Waals surface area contributed by atoms with E-state index in [9.17, 15) is 24.4 Å². The van der Waals surface area contributed by atoms with Crippen LogP contribution in [-0.4, -0.2) is 40.0 Å². The first-order chi connectivity index (χ1) is 9.81. The van der Waals surface area contributed by atoms with Gasteiger partial charge < -0.3 is 15.7 Å². The molecule has 1 aliphatic heterocycles. The fourth-order valence-corrected chi connectivity index (χ4v) is 2.47. The van der Waals surface area contributed by atoms with Gasteiger partial charge in [0.05, 0.1) is 22.7 Å². The average Bonchev–Trinajstić information content (AvgIpc) is 2.89. The number of carbonyl (C=O) groups excluding carboxylic acids is 1. The minimum atomic E-state index is -0.884. The number of aliphatic hydroxyl groups excluding tert-OH is 1. The maximum Gasteiger partial charge on any atom is 0.295 e. The molecule has 114 valence electrons. The number of hydrogen-bond donors (Lipinski definition) is 2. The molecule has 0 bridgehead atoms. The van der Waals surface area contributed by atoms with Gasteiger partial charge >= 0.3 is 0 Å². The topological polar surface area (TPSA) is 110 Å². The van der Waals surface area contributed by atoms with Gasteiger partial charge in [0.1, 0.15) is 11.5 Å². The number of nitrogen functional groups attached to an aromatic ring is 1. The van der Waals surface area contributed by atoms with E-state index in [1.54, 1.807) is 6.92 Å². The average molecular weight is 297 g/mol. The lowest BCUT2D eigenvalue weighted by Gasteiger charge is -2.18. The van der Waals surface area contributed by atoms with Crippen molar-refractivity contribution < 1.29 is 19.2 Å². The molecule has 0 spiro atoms. The number of benzene rings is 1. The summed E-state index contributed by atoms with van der Waals surface area (Å²) in [5, 5.41) is 20.3. The Balaban J connectivity index is 2.30. The Morgan fingerprint density at radius 3 is 2.81 bits per heavy atom. The van der Waals surface area contributed by atoms with Gasteiger partial charge in [-0.2, -0.15) is 0 Å². The Morgan fingerprint density at radius 1 is 1.62 bits per heavy atom. The molecule has 0 aromatic heterocycles. The number of nitrogens with two attached hydrogens (primary N) is 1. The fourth-order valence-electron chi connectivity index (χ4n) is 2.47. The Labute approximate surface area is 120 Å². The molecule has 1 aliphatic rings. The van der Waals surface area contributed by atoms with E-state index in [1.807, 2.05) is 0 Å². The molecule has 2 rings (SSSR count). The van der Waals surface area contributed by atoms with Crippen LogP contribution >= 0.6 is 0 Å². The van der Waals surface area contributed by atoms with Crippen LogP contribution in [0.25, 0.3) is 0 Å². The number of nitrogens with zero attached hydrogens (tertiary/aromatic N) is 2. The van der Waals surface area contributed by atoms with Crippen LogP contribution in [-0.2, 0) is 0 Å². The van der Waals surface area contributed by atoms with E-state index < -0.39 is 28.4 Å². The first kappa shape index (κ1) is 15.2. The molecule has 21 heavy (non-hydrogen) atoms. The summed E-state index contributed by atoms with van der Waals surface area (Å²) in [5.41, 5.74) is 4.43. The van der Waals surface area contributed by atoms with Crippen LogP contribution in [0.5, 0.6) is 0 Å². The molecule has 1 aromatic carbocycles. The number of hydrogen-bond acceptors (Lipinski definition) is 5. The molecule has 1 heterocycles. The summed E-state index contributed by atoms with van der Waals surface area (Å²) in [4.78, 5) is 23.8. The largest absolute Gasteiger partial charge is 0.393 e. The molecule has 0 aliphatic carbocycles. The third kappa shape index (κ3) is 2.94. The Hall–Kier alpha value is -2.22. The van der Waals surface area contributed by atoms with Crippen molar-refractivity contribution in [1.82, 2.24) is 4.90 Å². The molecular weight excluding hydrogens is 281 g/mol. The Morgan fingerprint density at radius 2 is 2.29 bits per heavy atom. The Bertz CT molecular complexity index is 591. The molecule has 7 nitrogen and oxygen atoms in total. The van der Waals surface area contributed by atoms with Crippen molar-refractivity contribution in [1.29, 1.82) is 0 Å². The maximum absolute atomic E-state index is 13.4. The van der Waals surface area contributed by atoms with E-state index in [0.717, 1.165) is 6.07 Å². The Kier molecular flexibility index (Phi) is 4.08. The molecule has 0 radical (unpaired) electrons. The van der Waals surface area contributed by atoms with Crippen molar-refractivity contribution >= 4 is 17.3 Å². The highest BCUT2D eigenvalue weighted by molar-refractivity contribution is 6.01. The van der Waals surface area contributed by atoms with Gasteiger partial charge in [0.15, 0.2) is 0 Å². The molecule has 2 atom stereocenters. The zero-order valence-electron chi connectivity index (χ0n) is 11.5. The SMILES string of the molecule is CC(O)C1CCN(C(=O)c2cc(F)cc([N+](=O)[O-])c2N)C1. The van der Waals surface area contributed by atoms with E-state index in [2.05, 4.69) is 0 Å². The first-order valence-electron chi connectivity index (χ1n) is 6.52. The van der Waals surface area contributed by atoms with Crippen LogP contribution in [0, 0.1) is 21.8 Å². The number of anilines is 1. The second-order valence-corrected chi connectivity index (χ2v) is 5.18. The van der Waals surface area contributed by atoms with Crippen LogP contribution in [0.3, 0.4) is 0 Å². The van der Waals surface area contributed by atoms with Crippen molar-refractivity contribution in [3.8, 4) is 0 Å². The number of halogens is 1. The zero-order valence-corrected chi connectivity index (χ0v) is 11.5. The van der Waals surface area contributed by atoms with Crippen molar-refractivity contribution in [2.75, 3.05) is 18.8 Å².